The highest BCUT2D eigenvalue weighted by Gasteiger charge is 2.49. The van der Waals surface area contributed by atoms with Crippen molar-refractivity contribution in [3.8, 4) is 0 Å². The maximum absolute atomic E-state index is 13.1. The summed E-state index contributed by atoms with van der Waals surface area (Å²) in [7, 11) is 0. The Bertz CT molecular complexity index is 598. The van der Waals surface area contributed by atoms with Gasteiger partial charge in [0.25, 0.3) is 0 Å². The average Bonchev–Trinajstić information content (AvgIpc) is 3.35. The van der Waals surface area contributed by atoms with Crippen molar-refractivity contribution in [1.82, 2.24) is 9.80 Å². The highest BCUT2D eigenvalue weighted by molar-refractivity contribution is 5.83. The minimum absolute atomic E-state index is 0.0411. The van der Waals surface area contributed by atoms with Crippen molar-refractivity contribution in [2.24, 2.45) is 5.92 Å². The maximum Gasteiger partial charge on any atom is 0.416 e. The lowest BCUT2D eigenvalue weighted by Crippen LogP contribution is -2.49. The molecule has 0 unspecified atom stereocenters. The SMILES string of the molecule is O=C([C@@H]1C[C@@H]1c1ccccc1C(F)(F)F)N1CCN(CCO)CC1. The number of aliphatic hydroxyl groups is 1. The summed E-state index contributed by atoms with van der Waals surface area (Å²) in [5, 5.41) is 8.93. The fraction of sp³-hybridized carbons (Fsp3) is 0.588. The van der Waals surface area contributed by atoms with Crippen LogP contribution in [0, 0.1) is 5.92 Å². The van der Waals surface area contributed by atoms with Crippen molar-refractivity contribution in [2.45, 2.75) is 18.5 Å². The van der Waals surface area contributed by atoms with Crippen molar-refractivity contribution in [2.75, 3.05) is 39.3 Å². The van der Waals surface area contributed by atoms with Crippen LogP contribution in [0.1, 0.15) is 23.5 Å². The van der Waals surface area contributed by atoms with Gasteiger partial charge >= 0.3 is 6.18 Å². The molecule has 1 aliphatic heterocycles. The van der Waals surface area contributed by atoms with Crippen LogP contribution in [0.2, 0.25) is 0 Å². The molecule has 1 aliphatic carbocycles. The first-order valence-electron chi connectivity index (χ1n) is 8.20. The molecule has 3 rings (SSSR count). The molecule has 1 amide bonds. The smallest absolute Gasteiger partial charge is 0.395 e. The number of rotatable bonds is 4. The topological polar surface area (TPSA) is 43.8 Å². The van der Waals surface area contributed by atoms with Gasteiger partial charge in [-0.15, -0.1) is 0 Å². The number of amides is 1. The number of piperazine rings is 1. The summed E-state index contributed by atoms with van der Waals surface area (Å²) in [6.07, 6.45) is -3.90. The van der Waals surface area contributed by atoms with E-state index in [4.69, 9.17) is 5.11 Å². The van der Waals surface area contributed by atoms with E-state index < -0.39 is 11.7 Å². The molecule has 0 bridgehead atoms. The number of nitrogens with zero attached hydrogens (tertiary/aromatic N) is 2. The summed E-state index contributed by atoms with van der Waals surface area (Å²) in [5.74, 6) is -0.704. The number of alkyl halides is 3. The number of carbonyl (C=O) groups is 1. The van der Waals surface area contributed by atoms with Crippen LogP contribution >= 0.6 is 0 Å². The third kappa shape index (κ3) is 3.57. The second-order valence-electron chi connectivity index (χ2n) is 6.42. The lowest BCUT2D eigenvalue weighted by atomic mass is 10.0. The highest BCUT2D eigenvalue weighted by atomic mass is 19.4. The van der Waals surface area contributed by atoms with E-state index in [1.54, 1.807) is 11.0 Å². The van der Waals surface area contributed by atoms with Gasteiger partial charge in [-0.1, -0.05) is 18.2 Å². The lowest BCUT2D eigenvalue weighted by molar-refractivity contribution is -0.139. The largest absolute Gasteiger partial charge is 0.416 e. The number of benzene rings is 1. The molecule has 1 heterocycles. The molecule has 0 spiro atoms. The van der Waals surface area contributed by atoms with Crippen LogP contribution in [0.3, 0.4) is 0 Å². The Morgan fingerprint density at radius 1 is 1.17 bits per heavy atom. The predicted octanol–water partition coefficient (Wildman–Crippen LogP) is 1.95. The quantitative estimate of drug-likeness (QED) is 0.910. The van der Waals surface area contributed by atoms with Crippen LogP contribution < -0.4 is 0 Å². The van der Waals surface area contributed by atoms with E-state index in [-0.39, 0.29) is 29.9 Å². The van der Waals surface area contributed by atoms with E-state index in [1.807, 2.05) is 0 Å². The first-order chi connectivity index (χ1) is 11.4. The summed E-state index contributed by atoms with van der Waals surface area (Å²) in [4.78, 5) is 16.4. The average molecular weight is 342 g/mol. The van der Waals surface area contributed by atoms with Crippen LogP contribution in [0.25, 0.3) is 0 Å². The van der Waals surface area contributed by atoms with E-state index in [2.05, 4.69) is 4.90 Å². The minimum Gasteiger partial charge on any atom is -0.395 e. The zero-order chi connectivity index (χ0) is 17.3. The van der Waals surface area contributed by atoms with E-state index in [1.165, 1.54) is 12.1 Å². The van der Waals surface area contributed by atoms with Crippen LogP contribution in [-0.4, -0.2) is 60.1 Å². The van der Waals surface area contributed by atoms with Crippen molar-refractivity contribution in [1.29, 1.82) is 0 Å². The Hall–Kier alpha value is -1.60. The Morgan fingerprint density at radius 3 is 2.46 bits per heavy atom. The Morgan fingerprint density at radius 2 is 1.83 bits per heavy atom. The summed E-state index contributed by atoms with van der Waals surface area (Å²) < 4.78 is 39.3. The van der Waals surface area contributed by atoms with Gasteiger partial charge in [-0.05, 0) is 24.0 Å². The Balaban J connectivity index is 1.63. The molecule has 1 aromatic carbocycles. The fourth-order valence-corrected chi connectivity index (χ4v) is 3.46. The standard InChI is InChI=1S/C17H21F3N2O2/c18-17(19,20)15-4-2-1-3-12(15)13-11-14(13)16(24)22-7-5-21(6-8-22)9-10-23/h1-4,13-14,23H,5-11H2/t13-,14-/m1/s1. The van der Waals surface area contributed by atoms with Gasteiger partial charge in [0.1, 0.15) is 0 Å². The zero-order valence-corrected chi connectivity index (χ0v) is 13.3. The fourth-order valence-electron chi connectivity index (χ4n) is 3.46. The Labute approximate surface area is 138 Å². The van der Waals surface area contributed by atoms with Gasteiger partial charge in [0, 0.05) is 38.6 Å². The number of carbonyl (C=O) groups excluding carboxylic acids is 1. The third-order valence-corrected chi connectivity index (χ3v) is 4.87. The normalized spacial score (nSPS) is 24.9. The molecule has 2 atom stereocenters. The van der Waals surface area contributed by atoms with Gasteiger partial charge in [0.15, 0.2) is 0 Å². The number of β-amino-alcohol motifs (C(OH)–C–C–N with tert-alkyl or cyclic N) is 1. The second-order valence-corrected chi connectivity index (χ2v) is 6.42. The summed E-state index contributed by atoms with van der Waals surface area (Å²) in [6.45, 7) is 3.22. The summed E-state index contributed by atoms with van der Waals surface area (Å²) >= 11 is 0. The van der Waals surface area contributed by atoms with Crippen molar-refractivity contribution >= 4 is 5.91 Å². The number of halogens is 3. The van der Waals surface area contributed by atoms with Crippen LogP contribution in [-0.2, 0) is 11.0 Å². The first kappa shape index (κ1) is 17.2. The van der Waals surface area contributed by atoms with Crippen LogP contribution in [0.5, 0.6) is 0 Å². The maximum atomic E-state index is 13.1. The van der Waals surface area contributed by atoms with E-state index >= 15 is 0 Å². The predicted molar refractivity (Wildman–Crippen MR) is 82.4 cm³/mol. The molecule has 2 fully saturated rings. The molecule has 132 valence electrons. The lowest BCUT2D eigenvalue weighted by Gasteiger charge is -2.34. The van der Waals surface area contributed by atoms with Gasteiger partial charge in [0.2, 0.25) is 5.91 Å². The molecule has 7 heteroatoms. The van der Waals surface area contributed by atoms with Crippen LogP contribution in [0.15, 0.2) is 24.3 Å². The van der Waals surface area contributed by atoms with Gasteiger partial charge in [0.05, 0.1) is 12.2 Å². The Kier molecular flexibility index (Phi) is 4.83. The number of aliphatic hydroxyl groups excluding tert-OH is 1. The zero-order valence-electron chi connectivity index (χ0n) is 13.3. The van der Waals surface area contributed by atoms with Crippen LogP contribution in [0.4, 0.5) is 13.2 Å². The summed E-state index contributed by atoms with van der Waals surface area (Å²) in [6, 6.07) is 5.55. The highest BCUT2D eigenvalue weighted by Crippen LogP contribution is 2.51. The molecule has 0 aromatic heterocycles. The first-order valence-corrected chi connectivity index (χ1v) is 8.20. The van der Waals surface area contributed by atoms with Crippen molar-refractivity contribution < 1.29 is 23.1 Å². The molecule has 24 heavy (non-hydrogen) atoms. The molecule has 1 saturated carbocycles. The number of hydrogen-bond acceptors (Lipinski definition) is 3. The molecule has 2 aliphatic rings. The summed E-state index contributed by atoms with van der Waals surface area (Å²) in [5.41, 5.74) is -0.389. The third-order valence-electron chi connectivity index (χ3n) is 4.87. The molecule has 1 aromatic rings. The van der Waals surface area contributed by atoms with Gasteiger partial charge in [-0.25, -0.2) is 0 Å². The minimum atomic E-state index is -4.39. The monoisotopic (exact) mass is 342 g/mol. The van der Waals surface area contributed by atoms with E-state index in [0.717, 1.165) is 6.07 Å². The molecule has 1 N–H and O–H groups in total. The molecule has 0 radical (unpaired) electrons. The molecule has 4 nitrogen and oxygen atoms in total. The second kappa shape index (κ2) is 6.72. The number of hydrogen-bond donors (Lipinski definition) is 1. The molecule has 1 saturated heterocycles. The van der Waals surface area contributed by atoms with Crippen molar-refractivity contribution in [3.05, 3.63) is 35.4 Å². The van der Waals surface area contributed by atoms with Gasteiger partial charge in [-0.2, -0.15) is 13.2 Å². The van der Waals surface area contributed by atoms with E-state index in [9.17, 15) is 18.0 Å². The molecular formula is C17H21F3N2O2. The van der Waals surface area contributed by atoms with Gasteiger partial charge < -0.3 is 10.0 Å². The van der Waals surface area contributed by atoms with Crippen molar-refractivity contribution in [3.63, 3.8) is 0 Å². The van der Waals surface area contributed by atoms with E-state index in [0.29, 0.717) is 39.1 Å². The molecular weight excluding hydrogens is 321 g/mol. The van der Waals surface area contributed by atoms with Gasteiger partial charge in [-0.3, -0.25) is 9.69 Å².